The standard InChI is InChI=1S/C9H5ClF2O/c10-9(13)4-2-6-1-3-7(11)8(12)5-6/h1-5H/b4-2-. The Morgan fingerprint density at radius 1 is 1.31 bits per heavy atom. The van der Waals surface area contributed by atoms with E-state index in [1.54, 1.807) is 0 Å². The van der Waals surface area contributed by atoms with Gasteiger partial charge in [-0.2, -0.15) is 0 Å². The van der Waals surface area contributed by atoms with E-state index in [0.717, 1.165) is 18.2 Å². The van der Waals surface area contributed by atoms with Crippen molar-refractivity contribution in [3.8, 4) is 0 Å². The van der Waals surface area contributed by atoms with Gasteiger partial charge in [-0.15, -0.1) is 0 Å². The van der Waals surface area contributed by atoms with Crippen LogP contribution in [0.4, 0.5) is 8.78 Å². The van der Waals surface area contributed by atoms with Gasteiger partial charge in [0, 0.05) is 0 Å². The van der Waals surface area contributed by atoms with Crippen molar-refractivity contribution >= 4 is 22.9 Å². The van der Waals surface area contributed by atoms with E-state index >= 15 is 0 Å². The molecular weight excluding hydrogens is 198 g/mol. The Labute approximate surface area is 78.6 Å². The highest BCUT2D eigenvalue weighted by Crippen LogP contribution is 2.09. The maximum atomic E-state index is 12.6. The van der Waals surface area contributed by atoms with Crippen LogP contribution in [-0.2, 0) is 4.79 Å². The number of carbonyl (C=O) groups excluding carboxylic acids is 1. The summed E-state index contributed by atoms with van der Waals surface area (Å²) in [5, 5.41) is -0.662. The molecule has 1 nitrogen and oxygen atoms in total. The molecule has 1 rings (SSSR count). The molecule has 1 aromatic carbocycles. The zero-order valence-corrected chi connectivity index (χ0v) is 7.18. The number of rotatable bonds is 2. The molecule has 0 saturated heterocycles. The van der Waals surface area contributed by atoms with Crippen LogP contribution in [0.1, 0.15) is 5.56 Å². The number of carbonyl (C=O) groups is 1. The third kappa shape index (κ3) is 2.95. The molecule has 1 aromatic rings. The van der Waals surface area contributed by atoms with Gasteiger partial charge in [0.1, 0.15) is 0 Å². The molecule has 0 aliphatic heterocycles. The zero-order valence-electron chi connectivity index (χ0n) is 6.43. The zero-order chi connectivity index (χ0) is 9.84. The number of halogens is 3. The van der Waals surface area contributed by atoms with E-state index in [1.165, 1.54) is 12.1 Å². The quantitative estimate of drug-likeness (QED) is 0.532. The largest absolute Gasteiger partial charge is 0.276 e. The van der Waals surface area contributed by atoms with Crippen molar-refractivity contribution in [2.75, 3.05) is 0 Å². The molecule has 13 heavy (non-hydrogen) atoms. The van der Waals surface area contributed by atoms with Crippen LogP contribution in [0, 0.1) is 11.6 Å². The minimum atomic E-state index is -0.954. The first kappa shape index (κ1) is 9.86. The Kier molecular flexibility index (Phi) is 3.14. The van der Waals surface area contributed by atoms with Gasteiger partial charge in [0.15, 0.2) is 11.6 Å². The predicted molar refractivity (Wildman–Crippen MR) is 46.3 cm³/mol. The average Bonchev–Trinajstić information content (AvgIpc) is 2.07. The lowest BCUT2D eigenvalue weighted by Crippen LogP contribution is -1.84. The second-order valence-electron chi connectivity index (χ2n) is 2.31. The van der Waals surface area contributed by atoms with Gasteiger partial charge in [-0.1, -0.05) is 12.1 Å². The number of allylic oxidation sites excluding steroid dienone is 1. The lowest BCUT2D eigenvalue weighted by atomic mass is 10.2. The molecule has 0 unspecified atom stereocenters. The van der Waals surface area contributed by atoms with E-state index < -0.39 is 16.9 Å². The maximum Gasteiger partial charge on any atom is 0.245 e. The van der Waals surface area contributed by atoms with Crippen LogP contribution >= 0.6 is 11.6 Å². The number of benzene rings is 1. The van der Waals surface area contributed by atoms with Crippen molar-refractivity contribution in [2.45, 2.75) is 0 Å². The van der Waals surface area contributed by atoms with Gasteiger partial charge in [-0.25, -0.2) is 8.78 Å². The molecule has 0 aromatic heterocycles. The van der Waals surface area contributed by atoms with E-state index in [4.69, 9.17) is 11.6 Å². The van der Waals surface area contributed by atoms with Crippen molar-refractivity contribution in [1.29, 1.82) is 0 Å². The smallest absolute Gasteiger partial charge is 0.245 e. The van der Waals surface area contributed by atoms with Crippen LogP contribution in [0.5, 0.6) is 0 Å². The second-order valence-corrected chi connectivity index (χ2v) is 2.68. The van der Waals surface area contributed by atoms with E-state index in [-0.39, 0.29) is 0 Å². The third-order valence-electron chi connectivity index (χ3n) is 1.35. The Hall–Kier alpha value is -1.22. The summed E-state index contributed by atoms with van der Waals surface area (Å²) in [6.45, 7) is 0. The highest BCUT2D eigenvalue weighted by Gasteiger charge is 1.99. The van der Waals surface area contributed by atoms with Crippen LogP contribution in [0.3, 0.4) is 0 Å². The van der Waals surface area contributed by atoms with Crippen molar-refractivity contribution in [2.24, 2.45) is 0 Å². The highest BCUT2D eigenvalue weighted by atomic mass is 35.5. The normalized spacial score (nSPS) is 10.7. The van der Waals surface area contributed by atoms with Crippen LogP contribution < -0.4 is 0 Å². The fourth-order valence-electron chi connectivity index (χ4n) is 0.778. The van der Waals surface area contributed by atoms with Gasteiger partial charge in [0.25, 0.3) is 0 Å². The fourth-order valence-corrected chi connectivity index (χ4v) is 0.841. The van der Waals surface area contributed by atoms with E-state index in [0.29, 0.717) is 5.56 Å². The Bertz CT molecular complexity index is 361. The first-order chi connectivity index (χ1) is 6.09. The van der Waals surface area contributed by atoms with E-state index in [1.807, 2.05) is 0 Å². The predicted octanol–water partition coefficient (Wildman–Crippen LogP) is 2.74. The van der Waals surface area contributed by atoms with Crippen molar-refractivity contribution in [1.82, 2.24) is 0 Å². The molecule has 0 N–H and O–H groups in total. The summed E-state index contributed by atoms with van der Waals surface area (Å²) in [5.41, 5.74) is 0.382. The summed E-state index contributed by atoms with van der Waals surface area (Å²) in [4.78, 5) is 10.3. The second kappa shape index (κ2) is 4.14. The summed E-state index contributed by atoms with van der Waals surface area (Å²) < 4.78 is 25.0. The van der Waals surface area contributed by atoms with Crippen LogP contribution in [-0.4, -0.2) is 5.24 Å². The Balaban J connectivity index is 2.92. The van der Waals surface area contributed by atoms with Gasteiger partial charge < -0.3 is 0 Å². The Morgan fingerprint density at radius 2 is 2.00 bits per heavy atom. The summed E-state index contributed by atoms with van der Waals surface area (Å²) in [6.07, 6.45) is 2.37. The van der Waals surface area contributed by atoms with Crippen molar-refractivity contribution < 1.29 is 13.6 Å². The maximum absolute atomic E-state index is 12.6. The molecule has 0 saturated carbocycles. The van der Waals surface area contributed by atoms with Gasteiger partial charge in [0.2, 0.25) is 5.24 Å². The van der Waals surface area contributed by atoms with Gasteiger partial charge in [-0.3, -0.25) is 4.79 Å². The lowest BCUT2D eigenvalue weighted by Gasteiger charge is -1.94. The lowest BCUT2D eigenvalue weighted by molar-refractivity contribution is -0.107. The first-order valence-electron chi connectivity index (χ1n) is 3.42. The summed E-state index contributed by atoms with van der Waals surface area (Å²) in [5.74, 6) is -1.88. The van der Waals surface area contributed by atoms with Gasteiger partial charge >= 0.3 is 0 Å². The first-order valence-corrected chi connectivity index (χ1v) is 3.80. The molecular formula is C9H5ClF2O. The van der Waals surface area contributed by atoms with Gasteiger partial charge in [-0.05, 0) is 35.4 Å². The van der Waals surface area contributed by atoms with Crippen molar-refractivity contribution in [3.05, 3.63) is 41.5 Å². The molecule has 0 fully saturated rings. The number of hydrogen-bond donors (Lipinski definition) is 0. The highest BCUT2D eigenvalue weighted by molar-refractivity contribution is 6.66. The molecule has 0 atom stereocenters. The SMILES string of the molecule is O=C(Cl)/C=C\c1ccc(F)c(F)c1. The molecule has 0 heterocycles. The van der Waals surface area contributed by atoms with Crippen LogP contribution in [0.2, 0.25) is 0 Å². The van der Waals surface area contributed by atoms with Crippen molar-refractivity contribution in [3.63, 3.8) is 0 Å². The van der Waals surface area contributed by atoms with Crippen LogP contribution in [0.25, 0.3) is 6.08 Å². The molecule has 0 aliphatic carbocycles. The topological polar surface area (TPSA) is 17.1 Å². The molecule has 0 radical (unpaired) electrons. The summed E-state index contributed by atoms with van der Waals surface area (Å²) in [7, 11) is 0. The van der Waals surface area contributed by atoms with Gasteiger partial charge in [0.05, 0.1) is 0 Å². The Morgan fingerprint density at radius 3 is 2.54 bits per heavy atom. The molecule has 0 bridgehead atoms. The van der Waals surface area contributed by atoms with E-state index in [2.05, 4.69) is 0 Å². The minimum Gasteiger partial charge on any atom is -0.276 e. The molecule has 0 aliphatic rings. The summed E-state index contributed by atoms with van der Waals surface area (Å²) >= 11 is 5.01. The number of hydrogen-bond acceptors (Lipinski definition) is 1. The molecule has 0 amide bonds. The third-order valence-corrected chi connectivity index (χ3v) is 1.48. The van der Waals surface area contributed by atoms with E-state index in [9.17, 15) is 13.6 Å². The molecule has 0 spiro atoms. The molecule has 4 heteroatoms. The average molecular weight is 203 g/mol. The minimum absolute atomic E-state index is 0.382. The van der Waals surface area contributed by atoms with Crippen LogP contribution in [0.15, 0.2) is 24.3 Å². The summed E-state index contributed by atoms with van der Waals surface area (Å²) in [6, 6.07) is 3.30. The fraction of sp³-hybridized carbons (Fsp3) is 0. The monoisotopic (exact) mass is 202 g/mol. The molecule has 68 valence electrons.